The Bertz CT molecular complexity index is 1390. The topological polar surface area (TPSA) is 86.7 Å². The highest BCUT2D eigenvalue weighted by Gasteiger charge is 2.23. The van der Waals surface area contributed by atoms with Crippen LogP contribution in [0.5, 0.6) is 6.01 Å². The van der Waals surface area contributed by atoms with Crippen LogP contribution in [0.4, 0.5) is 0 Å². The largest absolute Gasteiger partial charge is 0.464 e. The molecule has 1 aliphatic rings. The minimum absolute atomic E-state index is 0.0931. The number of nitrogens with zero attached hydrogens (tertiary/aromatic N) is 5. The Morgan fingerprint density at radius 2 is 2.03 bits per heavy atom. The van der Waals surface area contributed by atoms with Gasteiger partial charge in [0.1, 0.15) is 0 Å². The molecule has 0 amide bonds. The summed E-state index contributed by atoms with van der Waals surface area (Å²) < 4.78 is 8.21. The number of hydrogen-bond acceptors (Lipinski definition) is 6. The van der Waals surface area contributed by atoms with Gasteiger partial charge in [-0.3, -0.25) is 4.40 Å². The van der Waals surface area contributed by atoms with Crippen LogP contribution in [0.2, 0.25) is 0 Å². The number of imidazole rings is 1. The monoisotopic (exact) mass is 467 g/mol. The molecule has 2 aromatic carbocycles. The van der Waals surface area contributed by atoms with Gasteiger partial charge in [0.2, 0.25) is 0 Å². The maximum absolute atomic E-state index is 10.1. The summed E-state index contributed by atoms with van der Waals surface area (Å²) in [7, 11) is 2.15. The first-order valence-electron chi connectivity index (χ1n) is 12.0. The molecule has 0 aliphatic carbocycles. The third-order valence-electron chi connectivity index (χ3n) is 6.67. The number of aliphatic hydroxyl groups is 1. The summed E-state index contributed by atoms with van der Waals surface area (Å²) in [5.74, 6) is 0.449. The van der Waals surface area contributed by atoms with Gasteiger partial charge in [0.15, 0.2) is 5.65 Å². The van der Waals surface area contributed by atoms with Crippen LogP contribution in [-0.2, 0) is 6.61 Å². The average Bonchev–Trinajstić information content (AvgIpc) is 3.37. The van der Waals surface area contributed by atoms with E-state index in [0.29, 0.717) is 35.4 Å². The third-order valence-corrected chi connectivity index (χ3v) is 6.67. The molecule has 4 aromatic rings. The molecular weight excluding hydrogens is 438 g/mol. The Morgan fingerprint density at radius 1 is 1.20 bits per heavy atom. The highest BCUT2D eigenvalue weighted by molar-refractivity contribution is 5.91. The summed E-state index contributed by atoms with van der Waals surface area (Å²) in [5, 5.41) is 19.4. The fourth-order valence-electron chi connectivity index (χ4n) is 4.91. The quantitative estimate of drug-likeness (QED) is 0.451. The van der Waals surface area contributed by atoms with Gasteiger partial charge < -0.3 is 14.7 Å². The van der Waals surface area contributed by atoms with Gasteiger partial charge in [-0.05, 0) is 56.6 Å². The van der Waals surface area contributed by atoms with Crippen LogP contribution in [0.1, 0.15) is 29.5 Å². The summed E-state index contributed by atoms with van der Waals surface area (Å²) in [6.45, 7) is 4.64. The minimum atomic E-state index is -0.0931. The first kappa shape index (κ1) is 23.0. The van der Waals surface area contributed by atoms with Gasteiger partial charge in [0.25, 0.3) is 0 Å². The maximum atomic E-state index is 10.1. The number of piperidine rings is 1. The first-order chi connectivity index (χ1) is 17.1. The number of nitriles is 1. The van der Waals surface area contributed by atoms with Crippen molar-refractivity contribution in [3.05, 3.63) is 71.5 Å². The number of rotatable bonds is 6. The van der Waals surface area contributed by atoms with Crippen LogP contribution in [0.15, 0.2) is 54.9 Å². The van der Waals surface area contributed by atoms with E-state index in [9.17, 15) is 10.4 Å². The zero-order valence-corrected chi connectivity index (χ0v) is 20.1. The molecule has 2 aromatic heterocycles. The van der Waals surface area contributed by atoms with E-state index in [1.807, 2.05) is 47.9 Å². The van der Waals surface area contributed by atoms with E-state index in [0.717, 1.165) is 47.3 Å². The smallest absolute Gasteiger partial charge is 0.302 e. The Kier molecular flexibility index (Phi) is 6.49. The fraction of sp³-hybridized carbons (Fsp3) is 0.321. The number of likely N-dealkylation sites (tertiary alicyclic amines) is 1. The number of ether oxygens (including phenoxy) is 1. The molecule has 7 nitrogen and oxygen atoms in total. The molecule has 1 fully saturated rings. The molecule has 0 unspecified atom stereocenters. The highest BCUT2D eigenvalue weighted by atomic mass is 16.5. The van der Waals surface area contributed by atoms with Gasteiger partial charge in [-0.15, -0.1) is 0 Å². The minimum Gasteiger partial charge on any atom is -0.464 e. The van der Waals surface area contributed by atoms with E-state index in [2.05, 4.69) is 23.0 Å². The lowest BCUT2D eigenvalue weighted by Gasteiger charge is -2.29. The maximum Gasteiger partial charge on any atom is 0.302 e. The van der Waals surface area contributed by atoms with Crippen molar-refractivity contribution in [3.63, 3.8) is 0 Å². The van der Waals surface area contributed by atoms with Gasteiger partial charge in [-0.2, -0.15) is 10.2 Å². The lowest BCUT2D eigenvalue weighted by molar-refractivity contribution is 0.143. The van der Waals surface area contributed by atoms with Crippen molar-refractivity contribution in [2.45, 2.75) is 26.4 Å². The molecule has 0 spiro atoms. The highest BCUT2D eigenvalue weighted by Crippen LogP contribution is 2.38. The predicted octanol–water partition coefficient (Wildman–Crippen LogP) is 4.46. The Labute approximate surface area is 205 Å². The van der Waals surface area contributed by atoms with Crippen molar-refractivity contribution in [2.75, 3.05) is 26.7 Å². The molecule has 1 saturated heterocycles. The molecule has 0 saturated carbocycles. The van der Waals surface area contributed by atoms with Gasteiger partial charge in [0.05, 0.1) is 36.1 Å². The average molecular weight is 468 g/mol. The van der Waals surface area contributed by atoms with Crippen molar-refractivity contribution in [1.29, 1.82) is 5.26 Å². The molecule has 5 rings (SSSR count). The standard InChI is InChI=1S/C28H29N5O2/c1-19-5-10-24(23(14-19)17-34)25-26(22-8-6-20(15-29)7-9-22)31-28(33-13-11-30-27(25)33)35-18-21-4-3-12-32(2)16-21/h5-11,13-14,21,34H,3-4,12,16-18H2,1-2H3/t21-/m1/s1. The van der Waals surface area contributed by atoms with Crippen LogP contribution < -0.4 is 4.74 Å². The summed E-state index contributed by atoms with van der Waals surface area (Å²) in [5.41, 5.74) is 6.46. The van der Waals surface area contributed by atoms with Crippen LogP contribution >= 0.6 is 0 Å². The molecule has 178 valence electrons. The van der Waals surface area contributed by atoms with Crippen LogP contribution in [0, 0.1) is 24.2 Å². The van der Waals surface area contributed by atoms with Crippen molar-refractivity contribution in [3.8, 4) is 34.5 Å². The van der Waals surface area contributed by atoms with Gasteiger partial charge in [0, 0.05) is 30.4 Å². The molecule has 1 atom stereocenters. The van der Waals surface area contributed by atoms with Gasteiger partial charge >= 0.3 is 6.01 Å². The van der Waals surface area contributed by atoms with E-state index in [1.54, 1.807) is 18.3 Å². The van der Waals surface area contributed by atoms with E-state index >= 15 is 0 Å². The summed E-state index contributed by atoms with van der Waals surface area (Å²) in [6.07, 6.45) is 5.92. The Balaban J connectivity index is 1.66. The Morgan fingerprint density at radius 3 is 2.77 bits per heavy atom. The fourth-order valence-corrected chi connectivity index (χ4v) is 4.91. The molecule has 1 aliphatic heterocycles. The van der Waals surface area contributed by atoms with E-state index in [1.165, 1.54) is 6.42 Å². The van der Waals surface area contributed by atoms with Crippen molar-refractivity contribution >= 4 is 5.65 Å². The summed E-state index contributed by atoms with van der Waals surface area (Å²) >= 11 is 0. The third kappa shape index (κ3) is 4.63. The zero-order valence-electron chi connectivity index (χ0n) is 20.1. The van der Waals surface area contributed by atoms with E-state index in [-0.39, 0.29) is 6.61 Å². The zero-order chi connectivity index (χ0) is 24.4. The number of fused-ring (bicyclic) bond motifs is 1. The van der Waals surface area contributed by atoms with Crippen LogP contribution in [0.3, 0.4) is 0 Å². The molecule has 3 heterocycles. The molecule has 0 radical (unpaired) electrons. The van der Waals surface area contributed by atoms with Crippen LogP contribution in [-0.4, -0.2) is 51.1 Å². The summed E-state index contributed by atoms with van der Waals surface area (Å²) in [6, 6.07) is 16.1. The molecule has 35 heavy (non-hydrogen) atoms. The predicted molar refractivity (Wildman–Crippen MR) is 135 cm³/mol. The number of aliphatic hydroxyl groups excluding tert-OH is 1. The molecular formula is C28H29N5O2. The van der Waals surface area contributed by atoms with E-state index in [4.69, 9.17) is 9.72 Å². The second kappa shape index (κ2) is 9.87. The number of aryl methyl sites for hydroxylation is 1. The van der Waals surface area contributed by atoms with Crippen molar-refractivity contribution in [2.24, 2.45) is 5.92 Å². The molecule has 1 N–H and O–H groups in total. The number of aromatic nitrogens is 3. The van der Waals surface area contributed by atoms with E-state index < -0.39 is 0 Å². The number of benzene rings is 2. The second-order valence-corrected chi connectivity index (χ2v) is 9.33. The summed E-state index contributed by atoms with van der Waals surface area (Å²) in [4.78, 5) is 12.0. The normalized spacial score (nSPS) is 16.3. The molecule has 0 bridgehead atoms. The Hall–Kier alpha value is -3.73. The van der Waals surface area contributed by atoms with Crippen molar-refractivity contribution in [1.82, 2.24) is 19.3 Å². The lowest BCUT2D eigenvalue weighted by Crippen LogP contribution is -2.35. The van der Waals surface area contributed by atoms with Gasteiger partial charge in [-0.25, -0.2) is 4.98 Å². The van der Waals surface area contributed by atoms with Crippen LogP contribution in [0.25, 0.3) is 28.0 Å². The lowest BCUT2D eigenvalue weighted by atomic mass is 9.94. The van der Waals surface area contributed by atoms with Gasteiger partial charge in [-0.1, -0.05) is 35.9 Å². The first-order valence-corrected chi connectivity index (χ1v) is 12.0. The van der Waals surface area contributed by atoms with Crippen molar-refractivity contribution < 1.29 is 9.84 Å². The second-order valence-electron chi connectivity index (χ2n) is 9.33. The molecule has 7 heteroatoms. The SMILES string of the molecule is Cc1ccc(-c2c(-c3ccc(C#N)cc3)nc(OC[C@@H]3CCCN(C)C3)n3ccnc23)c(CO)c1. The number of hydrogen-bond donors (Lipinski definition) is 1.